The molecule has 0 aromatic heterocycles. The number of carbonyl (C=O) groups excluding carboxylic acids is 2. The van der Waals surface area contributed by atoms with Gasteiger partial charge >= 0.3 is 11.9 Å². The summed E-state index contributed by atoms with van der Waals surface area (Å²) in [7, 11) is 0. The quantitative estimate of drug-likeness (QED) is 0.102. The van der Waals surface area contributed by atoms with Crippen molar-refractivity contribution in [2.75, 3.05) is 6.61 Å². The van der Waals surface area contributed by atoms with Gasteiger partial charge in [0.2, 0.25) is 0 Å². The highest BCUT2D eigenvalue weighted by molar-refractivity contribution is 5.96. The Balaban J connectivity index is 1.53. The Hall–Kier alpha value is -3.60. The Morgan fingerprint density at radius 3 is 1.92 bits per heavy atom. The first-order valence-corrected chi connectivity index (χ1v) is 13.9. The van der Waals surface area contributed by atoms with E-state index in [2.05, 4.69) is 6.92 Å². The molecule has 5 nitrogen and oxygen atoms in total. The molecule has 0 bridgehead atoms. The van der Waals surface area contributed by atoms with Crippen molar-refractivity contribution < 1.29 is 23.8 Å². The van der Waals surface area contributed by atoms with Gasteiger partial charge in [-0.15, -0.1) is 0 Å². The zero-order valence-electron chi connectivity index (χ0n) is 22.5. The molecule has 0 unspecified atom stereocenters. The Labute approximate surface area is 227 Å². The van der Waals surface area contributed by atoms with E-state index in [4.69, 9.17) is 14.2 Å². The van der Waals surface area contributed by atoms with E-state index in [-0.39, 0.29) is 17.9 Å². The number of unbranched alkanes of at least 4 members (excludes halogenated alkanes) is 9. The molecule has 0 atom stereocenters. The van der Waals surface area contributed by atoms with Crippen LogP contribution in [0.1, 0.15) is 97.4 Å². The van der Waals surface area contributed by atoms with Crippen LogP contribution in [-0.2, 0) is 11.3 Å². The molecule has 38 heavy (non-hydrogen) atoms. The number of hydrogen-bond acceptors (Lipinski definition) is 5. The van der Waals surface area contributed by atoms with Crippen LogP contribution in [0.25, 0.3) is 0 Å². The summed E-state index contributed by atoms with van der Waals surface area (Å²) in [6.07, 6.45) is 12.5. The Bertz CT molecular complexity index is 1090. The van der Waals surface area contributed by atoms with E-state index in [1.54, 1.807) is 42.5 Å². The summed E-state index contributed by atoms with van der Waals surface area (Å²) in [6, 6.07) is 23.0. The number of benzene rings is 3. The summed E-state index contributed by atoms with van der Waals surface area (Å²) in [6.45, 7) is 2.94. The van der Waals surface area contributed by atoms with Gasteiger partial charge < -0.3 is 14.2 Å². The molecule has 0 saturated heterocycles. The van der Waals surface area contributed by atoms with E-state index in [9.17, 15) is 9.59 Å². The van der Waals surface area contributed by atoms with E-state index < -0.39 is 11.9 Å². The molecular formula is C33H40O5. The molecule has 0 amide bonds. The van der Waals surface area contributed by atoms with E-state index in [0.29, 0.717) is 17.9 Å². The lowest BCUT2D eigenvalue weighted by Gasteiger charge is -2.13. The molecular weight excluding hydrogens is 476 g/mol. The zero-order valence-corrected chi connectivity index (χ0v) is 22.5. The molecule has 0 aliphatic rings. The number of ether oxygens (including phenoxy) is 3. The predicted molar refractivity (Wildman–Crippen MR) is 151 cm³/mol. The van der Waals surface area contributed by atoms with Gasteiger partial charge in [0, 0.05) is 6.07 Å². The maximum Gasteiger partial charge on any atom is 0.343 e. The van der Waals surface area contributed by atoms with Gasteiger partial charge in [-0.05, 0) is 36.2 Å². The second-order valence-electron chi connectivity index (χ2n) is 9.51. The molecule has 3 aromatic carbocycles. The lowest BCUT2D eigenvalue weighted by molar-refractivity contribution is 0.0467. The molecule has 0 radical (unpaired) electrons. The fourth-order valence-corrected chi connectivity index (χ4v) is 4.16. The van der Waals surface area contributed by atoms with E-state index in [0.717, 1.165) is 18.4 Å². The molecule has 0 aliphatic carbocycles. The van der Waals surface area contributed by atoms with Crippen LogP contribution < -0.4 is 9.47 Å². The average Bonchev–Trinajstić information content (AvgIpc) is 2.96. The van der Waals surface area contributed by atoms with Crippen LogP contribution in [0.4, 0.5) is 0 Å². The van der Waals surface area contributed by atoms with Crippen LogP contribution in [0.2, 0.25) is 0 Å². The van der Waals surface area contributed by atoms with Crippen LogP contribution in [0.5, 0.6) is 11.5 Å². The maximum atomic E-state index is 12.9. The van der Waals surface area contributed by atoms with Gasteiger partial charge in [-0.25, -0.2) is 9.59 Å². The number of hydrogen-bond donors (Lipinski definition) is 0. The van der Waals surface area contributed by atoms with Crippen LogP contribution in [0.15, 0.2) is 78.9 Å². The lowest BCUT2D eigenvalue weighted by atomic mass is 10.1. The van der Waals surface area contributed by atoms with Gasteiger partial charge in [-0.2, -0.15) is 0 Å². The number of rotatable bonds is 17. The highest BCUT2D eigenvalue weighted by atomic mass is 16.5. The van der Waals surface area contributed by atoms with Crippen molar-refractivity contribution in [2.24, 2.45) is 0 Å². The summed E-state index contributed by atoms with van der Waals surface area (Å²) >= 11 is 0. The minimum atomic E-state index is -0.564. The summed E-state index contributed by atoms with van der Waals surface area (Å²) in [5.41, 5.74) is 1.45. The lowest BCUT2D eigenvalue weighted by Crippen LogP contribution is -2.13. The molecule has 3 aromatic rings. The first-order chi connectivity index (χ1) is 18.7. The summed E-state index contributed by atoms with van der Waals surface area (Å²) in [4.78, 5) is 25.6. The number of esters is 2. The fraction of sp³-hybridized carbons (Fsp3) is 0.394. The van der Waals surface area contributed by atoms with Crippen molar-refractivity contribution >= 4 is 11.9 Å². The first kappa shape index (κ1) is 29.0. The third kappa shape index (κ3) is 10.4. The van der Waals surface area contributed by atoms with Gasteiger partial charge in [-0.1, -0.05) is 113 Å². The third-order valence-corrected chi connectivity index (χ3v) is 6.36. The van der Waals surface area contributed by atoms with E-state index >= 15 is 0 Å². The SMILES string of the molecule is CCCCCCCCCCCCOc1ccc(C(=O)OCc2ccccc2)c(OC(=O)c2ccccc2)c1. The van der Waals surface area contributed by atoms with Gasteiger partial charge in [0.1, 0.15) is 23.7 Å². The second-order valence-corrected chi connectivity index (χ2v) is 9.51. The second kappa shape index (κ2) is 17.0. The average molecular weight is 517 g/mol. The molecule has 5 heteroatoms. The Morgan fingerprint density at radius 1 is 0.658 bits per heavy atom. The smallest absolute Gasteiger partial charge is 0.343 e. The normalized spacial score (nSPS) is 10.7. The zero-order chi connectivity index (χ0) is 26.8. The maximum absolute atomic E-state index is 12.9. The standard InChI is InChI=1S/C33H40O5/c1-2-3-4-5-6-7-8-9-10-17-24-36-29-22-23-30(33(35)37-26-27-18-13-11-14-19-27)31(25-29)38-32(34)28-20-15-12-16-21-28/h11-16,18-23,25H,2-10,17,24,26H2,1H3. The van der Waals surface area contributed by atoms with Gasteiger partial charge in [0.15, 0.2) is 0 Å². The summed E-state index contributed by atoms with van der Waals surface area (Å²) in [5, 5.41) is 0. The molecule has 0 N–H and O–H groups in total. The molecule has 0 aliphatic heterocycles. The van der Waals surface area contributed by atoms with Crippen molar-refractivity contribution in [3.8, 4) is 11.5 Å². The van der Waals surface area contributed by atoms with Crippen molar-refractivity contribution in [3.63, 3.8) is 0 Å². The van der Waals surface area contributed by atoms with Gasteiger partial charge in [0.25, 0.3) is 0 Å². The molecule has 0 saturated carbocycles. The van der Waals surface area contributed by atoms with Crippen molar-refractivity contribution in [1.82, 2.24) is 0 Å². The van der Waals surface area contributed by atoms with Crippen LogP contribution in [-0.4, -0.2) is 18.5 Å². The topological polar surface area (TPSA) is 61.8 Å². The molecule has 0 fully saturated rings. The number of carbonyl (C=O) groups is 2. The highest BCUT2D eigenvalue weighted by Gasteiger charge is 2.19. The minimum Gasteiger partial charge on any atom is -0.493 e. The molecule has 202 valence electrons. The monoisotopic (exact) mass is 516 g/mol. The predicted octanol–water partition coefficient (Wildman–Crippen LogP) is 8.56. The first-order valence-electron chi connectivity index (χ1n) is 13.9. The highest BCUT2D eigenvalue weighted by Crippen LogP contribution is 2.27. The molecule has 0 heterocycles. The van der Waals surface area contributed by atoms with Crippen LogP contribution in [0, 0.1) is 0 Å². The summed E-state index contributed by atoms with van der Waals surface area (Å²) in [5.74, 6) is -0.436. The van der Waals surface area contributed by atoms with Crippen LogP contribution in [0.3, 0.4) is 0 Å². The van der Waals surface area contributed by atoms with Crippen molar-refractivity contribution in [2.45, 2.75) is 77.7 Å². The fourth-order valence-electron chi connectivity index (χ4n) is 4.16. The third-order valence-electron chi connectivity index (χ3n) is 6.36. The molecule has 0 spiro atoms. The Morgan fingerprint density at radius 2 is 1.26 bits per heavy atom. The largest absolute Gasteiger partial charge is 0.493 e. The van der Waals surface area contributed by atoms with E-state index in [1.807, 2.05) is 36.4 Å². The van der Waals surface area contributed by atoms with Crippen molar-refractivity contribution in [1.29, 1.82) is 0 Å². The Kier molecular flexibility index (Phi) is 13.0. The summed E-state index contributed by atoms with van der Waals surface area (Å²) < 4.78 is 17.0. The van der Waals surface area contributed by atoms with Gasteiger partial charge in [-0.3, -0.25) is 0 Å². The van der Waals surface area contributed by atoms with Gasteiger partial charge in [0.05, 0.1) is 12.2 Å². The van der Waals surface area contributed by atoms with Crippen LogP contribution >= 0.6 is 0 Å². The minimum absolute atomic E-state index is 0.123. The van der Waals surface area contributed by atoms with E-state index in [1.165, 1.54) is 51.4 Å². The molecule has 3 rings (SSSR count). The van der Waals surface area contributed by atoms with Crippen molar-refractivity contribution in [3.05, 3.63) is 95.6 Å².